The van der Waals surface area contributed by atoms with Crippen molar-refractivity contribution in [3.05, 3.63) is 59.4 Å². The van der Waals surface area contributed by atoms with E-state index < -0.39 is 11.8 Å². The predicted octanol–water partition coefficient (Wildman–Crippen LogP) is 3.61. The van der Waals surface area contributed by atoms with Gasteiger partial charge in [0.2, 0.25) is 0 Å². The summed E-state index contributed by atoms with van der Waals surface area (Å²) >= 11 is 0. The highest BCUT2D eigenvalue weighted by atomic mass is 19.1. The molecule has 0 N–H and O–H groups in total. The number of halogens is 1. The maximum absolute atomic E-state index is 13.8. The second-order valence-corrected chi connectivity index (χ2v) is 4.32. The minimum absolute atomic E-state index is 0.00539. The number of Topliss-reactive ketones (excluding diaryl/α,β-unsaturated/α-hetero) is 1. The molecule has 0 aliphatic rings. The van der Waals surface area contributed by atoms with Crippen LogP contribution in [0.5, 0.6) is 11.5 Å². The zero-order valence-electron chi connectivity index (χ0n) is 11.6. The molecule has 2 aromatic rings. The summed E-state index contributed by atoms with van der Waals surface area (Å²) < 4.78 is 23.8. The van der Waals surface area contributed by atoms with E-state index in [2.05, 4.69) is 4.74 Å². The Morgan fingerprint density at radius 1 is 1.00 bits per heavy atom. The third-order valence-electron chi connectivity index (χ3n) is 2.84. The van der Waals surface area contributed by atoms with E-state index in [4.69, 9.17) is 4.74 Å². The summed E-state index contributed by atoms with van der Waals surface area (Å²) in [5, 5.41) is 0. The van der Waals surface area contributed by atoms with Gasteiger partial charge in [-0.15, -0.1) is 0 Å². The molecule has 0 saturated heterocycles. The van der Waals surface area contributed by atoms with Crippen LogP contribution in [0.4, 0.5) is 4.39 Å². The van der Waals surface area contributed by atoms with E-state index in [-0.39, 0.29) is 17.1 Å². The Labute approximate surface area is 121 Å². The topological polar surface area (TPSA) is 52.6 Å². The van der Waals surface area contributed by atoms with Crippen LogP contribution in [0.1, 0.15) is 27.6 Å². The number of carbonyl (C=O) groups is 2. The van der Waals surface area contributed by atoms with Crippen LogP contribution >= 0.6 is 0 Å². The molecule has 108 valence electrons. The molecule has 0 unspecified atom stereocenters. The number of benzene rings is 2. The Balaban J connectivity index is 2.18. The molecule has 0 heterocycles. The minimum Gasteiger partial charge on any atom is -0.465 e. The summed E-state index contributed by atoms with van der Waals surface area (Å²) in [6.07, 6.45) is 0. The molecule has 0 aliphatic carbocycles. The molecule has 0 spiro atoms. The van der Waals surface area contributed by atoms with Crippen molar-refractivity contribution in [1.29, 1.82) is 0 Å². The minimum atomic E-state index is -0.625. The van der Waals surface area contributed by atoms with Crippen molar-refractivity contribution in [2.75, 3.05) is 7.11 Å². The van der Waals surface area contributed by atoms with Crippen molar-refractivity contribution in [2.24, 2.45) is 0 Å². The Morgan fingerprint density at radius 2 is 1.62 bits per heavy atom. The SMILES string of the molecule is COC(=O)c1ccc(Oc2ccc(C(C)=O)cc2F)cc1. The van der Waals surface area contributed by atoms with Crippen LogP contribution in [0.3, 0.4) is 0 Å². The lowest BCUT2D eigenvalue weighted by atomic mass is 10.1. The van der Waals surface area contributed by atoms with Gasteiger partial charge in [0.1, 0.15) is 5.75 Å². The first-order chi connectivity index (χ1) is 10.0. The number of esters is 1. The largest absolute Gasteiger partial charge is 0.465 e. The van der Waals surface area contributed by atoms with Crippen LogP contribution in [0.25, 0.3) is 0 Å². The third-order valence-corrected chi connectivity index (χ3v) is 2.84. The number of rotatable bonds is 4. The van der Waals surface area contributed by atoms with Gasteiger partial charge in [-0.3, -0.25) is 4.79 Å². The molecule has 0 saturated carbocycles. The van der Waals surface area contributed by atoms with Crippen LogP contribution in [0, 0.1) is 5.82 Å². The number of carbonyl (C=O) groups excluding carboxylic acids is 2. The predicted molar refractivity (Wildman–Crippen MR) is 74.3 cm³/mol. The standard InChI is InChI=1S/C16H13FO4/c1-10(18)12-5-8-15(14(17)9-12)21-13-6-3-11(4-7-13)16(19)20-2/h3-9H,1-2H3. The zero-order valence-corrected chi connectivity index (χ0v) is 11.6. The molecule has 0 radical (unpaired) electrons. The van der Waals surface area contributed by atoms with Crippen LogP contribution in [-0.4, -0.2) is 18.9 Å². The van der Waals surface area contributed by atoms with E-state index in [1.807, 2.05) is 0 Å². The fraction of sp³-hybridized carbons (Fsp3) is 0.125. The highest BCUT2D eigenvalue weighted by molar-refractivity contribution is 5.94. The van der Waals surface area contributed by atoms with E-state index in [0.29, 0.717) is 11.3 Å². The van der Waals surface area contributed by atoms with Gasteiger partial charge in [-0.05, 0) is 49.4 Å². The lowest BCUT2D eigenvalue weighted by Gasteiger charge is -2.08. The fourth-order valence-electron chi connectivity index (χ4n) is 1.71. The van der Waals surface area contributed by atoms with Crippen molar-refractivity contribution < 1.29 is 23.5 Å². The van der Waals surface area contributed by atoms with E-state index in [1.54, 1.807) is 0 Å². The van der Waals surface area contributed by atoms with Crippen molar-refractivity contribution in [2.45, 2.75) is 6.92 Å². The van der Waals surface area contributed by atoms with E-state index >= 15 is 0 Å². The fourth-order valence-corrected chi connectivity index (χ4v) is 1.71. The molecule has 0 fully saturated rings. The Morgan fingerprint density at radius 3 is 2.14 bits per heavy atom. The number of hydrogen-bond donors (Lipinski definition) is 0. The molecular formula is C16H13FO4. The Kier molecular flexibility index (Phi) is 4.33. The molecule has 2 rings (SSSR count). The first kappa shape index (κ1) is 14.7. The smallest absolute Gasteiger partial charge is 0.337 e. The van der Waals surface area contributed by atoms with Crippen molar-refractivity contribution in [1.82, 2.24) is 0 Å². The molecule has 0 aliphatic heterocycles. The first-order valence-electron chi connectivity index (χ1n) is 6.18. The van der Waals surface area contributed by atoms with Gasteiger partial charge in [0.05, 0.1) is 12.7 Å². The molecule has 4 nitrogen and oxygen atoms in total. The summed E-state index contributed by atoms with van der Waals surface area (Å²) in [6.45, 7) is 1.36. The number of hydrogen-bond acceptors (Lipinski definition) is 4. The molecule has 2 aromatic carbocycles. The number of ether oxygens (including phenoxy) is 2. The Bertz CT molecular complexity index is 677. The monoisotopic (exact) mass is 288 g/mol. The van der Waals surface area contributed by atoms with Gasteiger partial charge in [0.25, 0.3) is 0 Å². The van der Waals surface area contributed by atoms with Gasteiger partial charge < -0.3 is 9.47 Å². The van der Waals surface area contributed by atoms with Crippen LogP contribution in [0.15, 0.2) is 42.5 Å². The van der Waals surface area contributed by atoms with Crippen molar-refractivity contribution in [3.63, 3.8) is 0 Å². The summed E-state index contributed by atoms with van der Waals surface area (Å²) in [5.74, 6) is -0.927. The lowest BCUT2D eigenvalue weighted by molar-refractivity contribution is 0.0600. The molecule has 0 atom stereocenters. The van der Waals surface area contributed by atoms with Crippen LogP contribution in [-0.2, 0) is 4.74 Å². The molecule has 0 aromatic heterocycles. The second kappa shape index (κ2) is 6.17. The third kappa shape index (κ3) is 3.45. The summed E-state index contributed by atoms with van der Waals surface area (Å²) in [5.41, 5.74) is 0.651. The van der Waals surface area contributed by atoms with E-state index in [9.17, 15) is 14.0 Å². The lowest BCUT2D eigenvalue weighted by Crippen LogP contribution is -2.00. The van der Waals surface area contributed by atoms with Gasteiger partial charge in [0.15, 0.2) is 17.3 Å². The molecule has 21 heavy (non-hydrogen) atoms. The summed E-state index contributed by atoms with van der Waals surface area (Å²) in [4.78, 5) is 22.4. The molecule has 0 amide bonds. The maximum Gasteiger partial charge on any atom is 0.337 e. The van der Waals surface area contributed by atoms with Crippen molar-refractivity contribution in [3.8, 4) is 11.5 Å². The van der Waals surface area contributed by atoms with E-state index in [0.717, 1.165) is 6.07 Å². The van der Waals surface area contributed by atoms with Crippen molar-refractivity contribution >= 4 is 11.8 Å². The molecule has 5 heteroatoms. The zero-order chi connectivity index (χ0) is 15.4. The average Bonchev–Trinajstić information content (AvgIpc) is 2.49. The summed E-state index contributed by atoms with van der Waals surface area (Å²) in [6, 6.07) is 10.1. The molecular weight excluding hydrogens is 275 g/mol. The highest BCUT2D eigenvalue weighted by Crippen LogP contribution is 2.25. The normalized spacial score (nSPS) is 10.0. The number of methoxy groups -OCH3 is 1. The van der Waals surface area contributed by atoms with Gasteiger partial charge in [-0.2, -0.15) is 0 Å². The number of ketones is 1. The first-order valence-corrected chi connectivity index (χ1v) is 6.18. The maximum atomic E-state index is 13.8. The van der Waals surface area contributed by atoms with Crippen LogP contribution in [0.2, 0.25) is 0 Å². The van der Waals surface area contributed by atoms with Crippen LogP contribution < -0.4 is 4.74 Å². The quantitative estimate of drug-likeness (QED) is 0.637. The second-order valence-electron chi connectivity index (χ2n) is 4.32. The highest BCUT2D eigenvalue weighted by Gasteiger charge is 2.09. The van der Waals surface area contributed by atoms with Gasteiger partial charge in [-0.1, -0.05) is 0 Å². The van der Waals surface area contributed by atoms with Gasteiger partial charge in [-0.25, -0.2) is 9.18 Å². The Hall–Kier alpha value is -2.69. The summed E-state index contributed by atoms with van der Waals surface area (Å²) in [7, 11) is 1.29. The molecule has 0 bridgehead atoms. The average molecular weight is 288 g/mol. The van der Waals surface area contributed by atoms with E-state index in [1.165, 1.54) is 50.4 Å². The van der Waals surface area contributed by atoms with Gasteiger partial charge >= 0.3 is 5.97 Å². The van der Waals surface area contributed by atoms with Gasteiger partial charge in [0, 0.05) is 5.56 Å².